The molecule has 1 amide bonds. The van der Waals surface area contributed by atoms with Crippen LogP contribution in [-0.4, -0.2) is 18.5 Å². The number of nitrogens with one attached hydrogen (secondary N) is 2. The predicted molar refractivity (Wildman–Crippen MR) is 78.8 cm³/mol. The van der Waals surface area contributed by atoms with E-state index in [4.69, 9.17) is 11.6 Å². The Kier molecular flexibility index (Phi) is 6.68. The number of amides is 1. The van der Waals surface area contributed by atoms with Gasteiger partial charge in [-0.1, -0.05) is 34.5 Å². The van der Waals surface area contributed by atoms with Gasteiger partial charge in [0.25, 0.3) is 0 Å². The first kappa shape index (κ1) is 15.5. The third-order valence-corrected chi connectivity index (χ3v) is 3.41. The second-order valence-electron chi connectivity index (χ2n) is 4.13. The van der Waals surface area contributed by atoms with Crippen molar-refractivity contribution in [2.45, 2.75) is 32.9 Å². The topological polar surface area (TPSA) is 41.1 Å². The summed E-state index contributed by atoms with van der Waals surface area (Å²) in [5.41, 5.74) is 0.973. The molecule has 3 nitrogen and oxygen atoms in total. The summed E-state index contributed by atoms with van der Waals surface area (Å²) in [6.07, 6.45) is 0.940. The molecule has 0 bridgehead atoms. The van der Waals surface area contributed by atoms with Gasteiger partial charge in [-0.25, -0.2) is 0 Å². The molecule has 0 spiro atoms. The summed E-state index contributed by atoms with van der Waals surface area (Å²) in [7, 11) is 0. The summed E-state index contributed by atoms with van der Waals surface area (Å²) >= 11 is 9.48. The van der Waals surface area contributed by atoms with Crippen molar-refractivity contribution in [2.75, 3.05) is 6.54 Å². The van der Waals surface area contributed by atoms with E-state index in [-0.39, 0.29) is 11.9 Å². The molecule has 100 valence electrons. The molecule has 1 atom stereocenters. The second kappa shape index (κ2) is 7.77. The van der Waals surface area contributed by atoms with E-state index in [2.05, 4.69) is 26.6 Å². The summed E-state index contributed by atoms with van der Waals surface area (Å²) in [4.78, 5) is 11.7. The largest absolute Gasteiger partial charge is 0.355 e. The molecule has 18 heavy (non-hydrogen) atoms. The summed E-state index contributed by atoms with van der Waals surface area (Å²) < 4.78 is 0.979. The van der Waals surface area contributed by atoms with Gasteiger partial charge in [-0.05, 0) is 37.1 Å². The first-order chi connectivity index (χ1) is 8.54. The van der Waals surface area contributed by atoms with Crippen molar-refractivity contribution in [1.82, 2.24) is 10.6 Å². The monoisotopic (exact) mass is 332 g/mol. The van der Waals surface area contributed by atoms with Gasteiger partial charge in [0.15, 0.2) is 0 Å². The summed E-state index contributed by atoms with van der Waals surface area (Å²) in [5, 5.41) is 6.71. The van der Waals surface area contributed by atoms with E-state index >= 15 is 0 Å². The van der Waals surface area contributed by atoms with Crippen molar-refractivity contribution in [3.05, 3.63) is 33.3 Å². The molecule has 0 saturated carbocycles. The molecule has 1 unspecified atom stereocenters. The molecular formula is C13H18BrClN2O. The molecule has 0 heterocycles. The molecule has 0 fully saturated rings. The van der Waals surface area contributed by atoms with Gasteiger partial charge in [0.05, 0.1) is 6.04 Å². The molecule has 0 aliphatic rings. The van der Waals surface area contributed by atoms with Gasteiger partial charge in [0.2, 0.25) is 5.91 Å². The lowest BCUT2D eigenvalue weighted by Crippen LogP contribution is -2.42. The third-order valence-electron chi connectivity index (χ3n) is 2.55. The standard InChI is InChI=1S/C13H18BrClN2O/c1-3-6-16-13(18)9(2)17-8-10-7-11(14)4-5-12(10)15/h4-5,7,9,17H,3,6,8H2,1-2H3,(H,16,18). The third kappa shape index (κ3) is 4.96. The van der Waals surface area contributed by atoms with Crippen molar-refractivity contribution < 1.29 is 4.79 Å². The zero-order chi connectivity index (χ0) is 13.5. The zero-order valence-corrected chi connectivity index (χ0v) is 12.9. The number of carbonyl (C=O) groups excluding carboxylic acids is 1. The summed E-state index contributed by atoms with van der Waals surface area (Å²) in [5.74, 6) is 0.0166. The van der Waals surface area contributed by atoms with Crippen molar-refractivity contribution in [1.29, 1.82) is 0 Å². The fourth-order valence-corrected chi connectivity index (χ4v) is 2.03. The lowest BCUT2D eigenvalue weighted by Gasteiger charge is -2.14. The fraction of sp³-hybridized carbons (Fsp3) is 0.462. The minimum Gasteiger partial charge on any atom is -0.355 e. The van der Waals surface area contributed by atoms with Crippen LogP contribution in [0.15, 0.2) is 22.7 Å². The van der Waals surface area contributed by atoms with Crippen molar-refractivity contribution in [3.63, 3.8) is 0 Å². The molecule has 0 aliphatic carbocycles. The van der Waals surface area contributed by atoms with Crippen LogP contribution in [0.5, 0.6) is 0 Å². The van der Waals surface area contributed by atoms with Gasteiger partial charge in [-0.2, -0.15) is 0 Å². The average Bonchev–Trinajstić information content (AvgIpc) is 2.36. The number of rotatable bonds is 6. The van der Waals surface area contributed by atoms with E-state index in [9.17, 15) is 4.79 Å². The number of benzene rings is 1. The van der Waals surface area contributed by atoms with Crippen molar-refractivity contribution >= 4 is 33.4 Å². The molecule has 1 aromatic carbocycles. The molecule has 0 saturated heterocycles. The van der Waals surface area contributed by atoms with Crippen molar-refractivity contribution in [2.24, 2.45) is 0 Å². The Hall–Kier alpha value is -0.580. The van der Waals surface area contributed by atoms with Gasteiger partial charge >= 0.3 is 0 Å². The Balaban J connectivity index is 2.49. The fourth-order valence-electron chi connectivity index (χ4n) is 1.44. The highest BCUT2D eigenvalue weighted by molar-refractivity contribution is 9.10. The second-order valence-corrected chi connectivity index (χ2v) is 5.45. The highest BCUT2D eigenvalue weighted by Crippen LogP contribution is 2.20. The molecule has 0 radical (unpaired) electrons. The van der Waals surface area contributed by atoms with E-state index in [0.717, 1.165) is 16.5 Å². The highest BCUT2D eigenvalue weighted by Gasteiger charge is 2.11. The smallest absolute Gasteiger partial charge is 0.236 e. The van der Waals surface area contributed by atoms with Crippen LogP contribution in [0.25, 0.3) is 0 Å². The summed E-state index contributed by atoms with van der Waals surface area (Å²) in [6, 6.07) is 5.45. The molecule has 0 aromatic heterocycles. The Labute approximate surface area is 121 Å². The van der Waals surface area contributed by atoms with Crippen LogP contribution in [0, 0.1) is 0 Å². The number of hydrogen-bond acceptors (Lipinski definition) is 2. The van der Waals surface area contributed by atoms with Gasteiger partial charge in [-0.3, -0.25) is 4.79 Å². The van der Waals surface area contributed by atoms with E-state index in [1.165, 1.54) is 0 Å². The van der Waals surface area contributed by atoms with Crippen LogP contribution in [0.4, 0.5) is 0 Å². The van der Waals surface area contributed by atoms with Crippen LogP contribution < -0.4 is 10.6 Å². The van der Waals surface area contributed by atoms with E-state index in [1.54, 1.807) is 0 Å². The lowest BCUT2D eigenvalue weighted by molar-refractivity contribution is -0.122. The lowest BCUT2D eigenvalue weighted by atomic mass is 10.2. The average molecular weight is 334 g/mol. The molecule has 0 aliphatic heterocycles. The van der Waals surface area contributed by atoms with Crippen LogP contribution in [0.1, 0.15) is 25.8 Å². The minimum atomic E-state index is -0.230. The molecule has 2 N–H and O–H groups in total. The first-order valence-electron chi connectivity index (χ1n) is 5.99. The highest BCUT2D eigenvalue weighted by atomic mass is 79.9. The van der Waals surface area contributed by atoms with Crippen molar-refractivity contribution in [3.8, 4) is 0 Å². The normalized spacial score (nSPS) is 12.2. The number of hydrogen-bond donors (Lipinski definition) is 2. The SMILES string of the molecule is CCCNC(=O)C(C)NCc1cc(Br)ccc1Cl. The number of halogens is 2. The maximum Gasteiger partial charge on any atom is 0.236 e. The molecule has 1 aromatic rings. The molecular weight excluding hydrogens is 316 g/mol. The Morgan fingerprint density at radius 2 is 2.22 bits per heavy atom. The zero-order valence-electron chi connectivity index (χ0n) is 10.6. The van der Waals surface area contributed by atoms with E-state index in [0.29, 0.717) is 18.1 Å². The maximum absolute atomic E-state index is 11.7. The number of carbonyl (C=O) groups is 1. The van der Waals surface area contributed by atoms with Crippen LogP contribution in [0.2, 0.25) is 5.02 Å². The molecule has 5 heteroatoms. The van der Waals surface area contributed by atoms with Gasteiger partial charge in [0.1, 0.15) is 0 Å². The Morgan fingerprint density at radius 1 is 1.50 bits per heavy atom. The van der Waals surface area contributed by atoms with Crippen LogP contribution in [0.3, 0.4) is 0 Å². The maximum atomic E-state index is 11.7. The predicted octanol–water partition coefficient (Wildman–Crippen LogP) is 3.11. The van der Waals surface area contributed by atoms with E-state index < -0.39 is 0 Å². The van der Waals surface area contributed by atoms with Crippen LogP contribution >= 0.6 is 27.5 Å². The first-order valence-corrected chi connectivity index (χ1v) is 7.16. The van der Waals surface area contributed by atoms with Gasteiger partial charge in [0, 0.05) is 22.6 Å². The Bertz CT molecular complexity index is 412. The quantitative estimate of drug-likeness (QED) is 0.840. The minimum absolute atomic E-state index is 0.0166. The van der Waals surface area contributed by atoms with Gasteiger partial charge in [-0.15, -0.1) is 0 Å². The molecule has 1 rings (SSSR count). The van der Waals surface area contributed by atoms with Crippen LogP contribution in [-0.2, 0) is 11.3 Å². The summed E-state index contributed by atoms with van der Waals surface area (Å²) in [6.45, 7) is 5.15. The Morgan fingerprint density at radius 3 is 2.89 bits per heavy atom. The van der Waals surface area contributed by atoms with E-state index in [1.807, 2.05) is 32.0 Å². The van der Waals surface area contributed by atoms with Gasteiger partial charge < -0.3 is 10.6 Å².